The molecule has 3 rings (SSSR count). The second-order valence-corrected chi connectivity index (χ2v) is 4.69. The Kier molecular flexibility index (Phi) is 3.82. The molecule has 0 saturated heterocycles. The summed E-state index contributed by atoms with van der Waals surface area (Å²) in [5, 5.41) is 7.09. The van der Waals surface area contributed by atoms with Crippen molar-refractivity contribution in [2.24, 2.45) is 0 Å². The first-order chi connectivity index (χ1) is 10.3. The number of carbonyl (C=O) groups excluding carboxylic acids is 1. The second kappa shape index (κ2) is 6.09. The number of carbonyl (C=O) groups is 1. The summed E-state index contributed by atoms with van der Waals surface area (Å²) in [7, 11) is 0. The molecule has 5 nitrogen and oxygen atoms in total. The van der Waals surface area contributed by atoms with Crippen molar-refractivity contribution < 1.29 is 9.21 Å². The Balaban J connectivity index is 1.57. The molecule has 2 aromatic heterocycles. The van der Waals surface area contributed by atoms with Gasteiger partial charge in [-0.1, -0.05) is 30.3 Å². The molecule has 0 aliphatic heterocycles. The molecule has 0 unspecified atom stereocenters. The summed E-state index contributed by atoms with van der Waals surface area (Å²) in [4.78, 5) is 11.7. The quantitative estimate of drug-likeness (QED) is 0.781. The van der Waals surface area contributed by atoms with Crippen LogP contribution < -0.4 is 5.32 Å². The Bertz CT molecular complexity index is 702. The lowest BCUT2D eigenvalue weighted by atomic mass is 10.2. The number of benzene rings is 1. The van der Waals surface area contributed by atoms with Crippen LogP contribution >= 0.6 is 0 Å². The maximum absolute atomic E-state index is 11.7. The lowest BCUT2D eigenvalue weighted by molar-refractivity contribution is 0.0923. The van der Waals surface area contributed by atoms with E-state index in [0.717, 1.165) is 5.56 Å². The van der Waals surface area contributed by atoms with E-state index in [9.17, 15) is 4.79 Å². The smallest absolute Gasteiger partial charge is 0.287 e. The van der Waals surface area contributed by atoms with E-state index in [2.05, 4.69) is 22.5 Å². The average Bonchev–Trinajstić information content (AvgIpc) is 3.17. The predicted molar refractivity (Wildman–Crippen MR) is 77.6 cm³/mol. The van der Waals surface area contributed by atoms with Gasteiger partial charge in [-0.25, -0.2) is 0 Å². The molecule has 0 atom stereocenters. The van der Waals surface area contributed by atoms with Gasteiger partial charge >= 0.3 is 0 Å². The van der Waals surface area contributed by atoms with Gasteiger partial charge in [-0.3, -0.25) is 9.48 Å². The molecule has 106 valence electrons. The van der Waals surface area contributed by atoms with E-state index in [4.69, 9.17) is 4.42 Å². The Morgan fingerprint density at radius 3 is 2.76 bits per heavy atom. The zero-order chi connectivity index (χ0) is 14.5. The molecule has 21 heavy (non-hydrogen) atoms. The molecule has 3 aromatic rings. The van der Waals surface area contributed by atoms with Crippen molar-refractivity contribution in [3.05, 3.63) is 78.0 Å². The normalized spacial score (nSPS) is 10.5. The highest BCUT2D eigenvalue weighted by Gasteiger charge is 2.08. The van der Waals surface area contributed by atoms with Gasteiger partial charge in [0.05, 0.1) is 19.0 Å². The Morgan fingerprint density at radius 2 is 2.00 bits per heavy atom. The van der Waals surface area contributed by atoms with E-state index >= 15 is 0 Å². The Labute approximate surface area is 122 Å². The Hall–Kier alpha value is -2.82. The number of nitrogens with one attached hydrogen (secondary N) is 1. The molecule has 0 spiro atoms. The fourth-order valence-electron chi connectivity index (χ4n) is 2.03. The molecule has 0 fully saturated rings. The van der Waals surface area contributed by atoms with Crippen molar-refractivity contribution in [3.63, 3.8) is 0 Å². The molecule has 0 bridgehead atoms. The van der Waals surface area contributed by atoms with E-state index in [0.29, 0.717) is 18.8 Å². The minimum absolute atomic E-state index is 0.226. The number of rotatable bonds is 5. The zero-order valence-electron chi connectivity index (χ0n) is 11.4. The standard InChI is InChI=1S/C16H15N3O2/c20-16(15-7-4-8-21-15)17-9-14-10-18-19(12-14)11-13-5-2-1-3-6-13/h1-8,10,12H,9,11H2,(H,17,20). The van der Waals surface area contributed by atoms with Crippen LogP contribution in [0, 0.1) is 0 Å². The number of aromatic nitrogens is 2. The third-order valence-corrected chi connectivity index (χ3v) is 3.07. The van der Waals surface area contributed by atoms with Crippen LogP contribution in [-0.4, -0.2) is 15.7 Å². The fraction of sp³-hybridized carbons (Fsp3) is 0.125. The van der Waals surface area contributed by atoms with Crippen molar-refractivity contribution in [1.82, 2.24) is 15.1 Å². The van der Waals surface area contributed by atoms with Crippen molar-refractivity contribution in [1.29, 1.82) is 0 Å². The van der Waals surface area contributed by atoms with Crippen LogP contribution in [0.25, 0.3) is 0 Å². The minimum Gasteiger partial charge on any atom is -0.459 e. The van der Waals surface area contributed by atoms with E-state index < -0.39 is 0 Å². The summed E-state index contributed by atoms with van der Waals surface area (Å²) in [6, 6.07) is 13.4. The molecular weight excluding hydrogens is 266 g/mol. The summed E-state index contributed by atoms with van der Waals surface area (Å²) in [6.07, 6.45) is 5.16. The first kappa shape index (κ1) is 13.2. The van der Waals surface area contributed by atoms with Gasteiger partial charge in [0.25, 0.3) is 5.91 Å². The van der Waals surface area contributed by atoms with Crippen LogP contribution in [0.5, 0.6) is 0 Å². The topological polar surface area (TPSA) is 60.1 Å². The third-order valence-electron chi connectivity index (χ3n) is 3.07. The highest BCUT2D eigenvalue weighted by Crippen LogP contribution is 2.05. The highest BCUT2D eigenvalue weighted by molar-refractivity contribution is 5.91. The molecule has 1 N–H and O–H groups in total. The zero-order valence-corrected chi connectivity index (χ0v) is 11.4. The Morgan fingerprint density at radius 1 is 1.14 bits per heavy atom. The van der Waals surface area contributed by atoms with Gasteiger partial charge in [0.1, 0.15) is 0 Å². The van der Waals surface area contributed by atoms with Crippen molar-refractivity contribution in [2.75, 3.05) is 0 Å². The third kappa shape index (κ3) is 3.39. The van der Waals surface area contributed by atoms with Gasteiger partial charge in [0.2, 0.25) is 0 Å². The van der Waals surface area contributed by atoms with Gasteiger partial charge in [-0.2, -0.15) is 5.10 Å². The van der Waals surface area contributed by atoms with Crippen molar-refractivity contribution in [3.8, 4) is 0 Å². The summed E-state index contributed by atoms with van der Waals surface area (Å²) >= 11 is 0. The van der Waals surface area contributed by atoms with Gasteiger partial charge in [0.15, 0.2) is 5.76 Å². The van der Waals surface area contributed by atoms with Crippen molar-refractivity contribution >= 4 is 5.91 Å². The van der Waals surface area contributed by atoms with Crippen LogP contribution in [0.15, 0.2) is 65.5 Å². The SMILES string of the molecule is O=C(NCc1cnn(Cc2ccccc2)c1)c1ccco1. The highest BCUT2D eigenvalue weighted by atomic mass is 16.3. The molecule has 5 heteroatoms. The lowest BCUT2D eigenvalue weighted by Crippen LogP contribution is -2.21. The van der Waals surface area contributed by atoms with Gasteiger partial charge in [-0.15, -0.1) is 0 Å². The van der Waals surface area contributed by atoms with E-state index in [1.807, 2.05) is 29.1 Å². The second-order valence-electron chi connectivity index (χ2n) is 4.69. The number of hydrogen-bond donors (Lipinski definition) is 1. The summed E-state index contributed by atoms with van der Waals surface area (Å²) in [6.45, 7) is 1.14. The average molecular weight is 281 g/mol. The molecule has 1 amide bonds. The lowest BCUT2D eigenvalue weighted by Gasteiger charge is -2.01. The molecule has 0 radical (unpaired) electrons. The van der Waals surface area contributed by atoms with E-state index in [1.54, 1.807) is 18.3 Å². The van der Waals surface area contributed by atoms with Crippen LogP contribution in [0.3, 0.4) is 0 Å². The number of hydrogen-bond acceptors (Lipinski definition) is 3. The molecule has 2 heterocycles. The maximum atomic E-state index is 11.7. The van der Waals surface area contributed by atoms with Crippen LogP contribution in [0.1, 0.15) is 21.7 Å². The molecule has 0 aliphatic rings. The molecular formula is C16H15N3O2. The first-order valence-corrected chi connectivity index (χ1v) is 6.68. The van der Waals surface area contributed by atoms with Gasteiger partial charge in [0, 0.05) is 18.3 Å². The maximum Gasteiger partial charge on any atom is 0.287 e. The van der Waals surface area contributed by atoms with Gasteiger partial charge < -0.3 is 9.73 Å². The fourth-order valence-corrected chi connectivity index (χ4v) is 2.03. The van der Waals surface area contributed by atoms with Crippen LogP contribution in [0.4, 0.5) is 0 Å². The first-order valence-electron chi connectivity index (χ1n) is 6.68. The van der Waals surface area contributed by atoms with Crippen LogP contribution in [-0.2, 0) is 13.1 Å². The number of amides is 1. The van der Waals surface area contributed by atoms with Gasteiger partial charge in [-0.05, 0) is 17.7 Å². The van der Waals surface area contributed by atoms with E-state index in [1.165, 1.54) is 11.8 Å². The monoisotopic (exact) mass is 281 g/mol. The molecule has 0 saturated carbocycles. The minimum atomic E-state index is -0.226. The molecule has 1 aromatic carbocycles. The summed E-state index contributed by atoms with van der Waals surface area (Å²) in [5.41, 5.74) is 2.14. The van der Waals surface area contributed by atoms with E-state index in [-0.39, 0.29) is 5.91 Å². The number of furan rings is 1. The van der Waals surface area contributed by atoms with Crippen molar-refractivity contribution in [2.45, 2.75) is 13.1 Å². The number of nitrogens with zero attached hydrogens (tertiary/aromatic N) is 2. The molecule has 0 aliphatic carbocycles. The van der Waals surface area contributed by atoms with Crippen LogP contribution in [0.2, 0.25) is 0 Å². The largest absolute Gasteiger partial charge is 0.459 e. The summed E-state index contributed by atoms with van der Waals surface area (Å²) < 4.78 is 6.89. The predicted octanol–water partition coefficient (Wildman–Crippen LogP) is 2.45. The summed E-state index contributed by atoms with van der Waals surface area (Å²) in [5.74, 6) is 0.0856.